The number of aliphatic imine (C=N–C) groups is 1. The number of rotatable bonds is 9. The van der Waals surface area contributed by atoms with Crippen molar-refractivity contribution in [1.29, 1.82) is 0 Å². The number of nitrogens with zero attached hydrogens (tertiary/aromatic N) is 2. The summed E-state index contributed by atoms with van der Waals surface area (Å²) in [6, 6.07) is 0.384. The minimum absolute atomic E-state index is 0.384. The van der Waals surface area contributed by atoms with Gasteiger partial charge >= 0.3 is 0 Å². The second-order valence-electron chi connectivity index (χ2n) is 7.98. The highest BCUT2D eigenvalue weighted by Crippen LogP contribution is 2.32. The highest BCUT2D eigenvalue weighted by molar-refractivity contribution is 5.80. The average molecular weight is 373 g/mol. The molecule has 2 aliphatic rings. The molecule has 0 aromatic rings. The van der Waals surface area contributed by atoms with Crippen LogP contribution in [0.1, 0.15) is 66.2 Å². The second kappa shape index (κ2) is 12.3. The molecule has 2 rings (SSSR count). The van der Waals surface area contributed by atoms with Crippen molar-refractivity contribution in [3.63, 3.8) is 0 Å². The van der Waals surface area contributed by atoms with Gasteiger partial charge in [0.05, 0.1) is 19.3 Å². The molecule has 0 aromatic heterocycles. The molecular formula is C24H40N2O. The molecule has 0 radical (unpaired) electrons. The van der Waals surface area contributed by atoms with Gasteiger partial charge in [-0.15, -0.1) is 0 Å². The lowest BCUT2D eigenvalue weighted by molar-refractivity contribution is 0.0358. The van der Waals surface area contributed by atoms with E-state index in [1.54, 1.807) is 5.57 Å². The van der Waals surface area contributed by atoms with E-state index in [1.807, 2.05) is 0 Å². The lowest BCUT2D eigenvalue weighted by atomic mass is 9.81. The average Bonchev–Trinajstić information content (AvgIpc) is 2.70. The third-order valence-electron chi connectivity index (χ3n) is 6.05. The van der Waals surface area contributed by atoms with E-state index in [2.05, 4.69) is 57.0 Å². The summed E-state index contributed by atoms with van der Waals surface area (Å²) in [6.45, 7) is 14.0. The Morgan fingerprint density at radius 2 is 2.07 bits per heavy atom. The maximum absolute atomic E-state index is 5.48. The van der Waals surface area contributed by atoms with Crippen LogP contribution in [-0.2, 0) is 4.74 Å². The molecule has 27 heavy (non-hydrogen) atoms. The summed E-state index contributed by atoms with van der Waals surface area (Å²) in [4.78, 5) is 7.60. The van der Waals surface area contributed by atoms with E-state index >= 15 is 0 Å². The Morgan fingerprint density at radius 3 is 2.74 bits per heavy atom. The molecule has 1 aliphatic carbocycles. The zero-order valence-electron chi connectivity index (χ0n) is 18.0. The van der Waals surface area contributed by atoms with Crippen LogP contribution in [0.2, 0.25) is 0 Å². The zero-order valence-corrected chi connectivity index (χ0v) is 18.0. The molecule has 0 amide bonds. The molecule has 1 saturated heterocycles. The minimum Gasteiger partial charge on any atom is -0.379 e. The largest absolute Gasteiger partial charge is 0.379 e. The first kappa shape index (κ1) is 22.1. The van der Waals surface area contributed by atoms with E-state index in [0.29, 0.717) is 12.0 Å². The molecule has 1 fully saturated rings. The topological polar surface area (TPSA) is 24.8 Å². The van der Waals surface area contributed by atoms with Gasteiger partial charge < -0.3 is 4.74 Å². The second-order valence-corrected chi connectivity index (χ2v) is 7.98. The molecule has 0 aromatic carbocycles. The van der Waals surface area contributed by atoms with E-state index in [-0.39, 0.29) is 0 Å². The lowest BCUT2D eigenvalue weighted by Crippen LogP contribution is -2.37. The molecule has 0 bridgehead atoms. The third-order valence-corrected chi connectivity index (χ3v) is 6.05. The van der Waals surface area contributed by atoms with Crippen LogP contribution in [0.15, 0.2) is 39.9 Å². The van der Waals surface area contributed by atoms with Crippen LogP contribution in [0.25, 0.3) is 0 Å². The highest BCUT2D eigenvalue weighted by Gasteiger charge is 2.21. The van der Waals surface area contributed by atoms with Gasteiger partial charge in [-0.2, -0.15) is 0 Å². The maximum Gasteiger partial charge on any atom is 0.0594 e. The first-order valence-corrected chi connectivity index (χ1v) is 11.0. The van der Waals surface area contributed by atoms with Crippen LogP contribution in [0.3, 0.4) is 0 Å². The normalized spacial score (nSPS) is 24.3. The number of hydrogen-bond donors (Lipinski definition) is 0. The Bertz CT molecular complexity index is 553. The van der Waals surface area contributed by atoms with Crippen LogP contribution in [-0.4, -0.2) is 50.0 Å². The Hall–Kier alpha value is -1.19. The van der Waals surface area contributed by atoms with Gasteiger partial charge in [-0.3, -0.25) is 9.89 Å². The van der Waals surface area contributed by atoms with Crippen molar-refractivity contribution in [3.8, 4) is 0 Å². The summed E-state index contributed by atoms with van der Waals surface area (Å²) in [7, 11) is 0. The number of allylic oxidation sites excluding steroid dienone is 5. The van der Waals surface area contributed by atoms with E-state index in [4.69, 9.17) is 9.73 Å². The van der Waals surface area contributed by atoms with Crippen molar-refractivity contribution in [3.05, 3.63) is 34.9 Å². The minimum atomic E-state index is 0.384. The van der Waals surface area contributed by atoms with Gasteiger partial charge in [-0.1, -0.05) is 36.3 Å². The van der Waals surface area contributed by atoms with Crippen LogP contribution < -0.4 is 0 Å². The summed E-state index contributed by atoms with van der Waals surface area (Å²) < 4.78 is 5.48. The van der Waals surface area contributed by atoms with Crippen molar-refractivity contribution in [2.45, 2.75) is 72.3 Å². The third kappa shape index (κ3) is 7.38. The van der Waals surface area contributed by atoms with Crippen molar-refractivity contribution in [1.82, 2.24) is 4.90 Å². The fourth-order valence-electron chi connectivity index (χ4n) is 4.20. The fraction of sp³-hybridized carbons (Fsp3) is 0.708. The number of hydrogen-bond acceptors (Lipinski definition) is 3. The monoisotopic (exact) mass is 372 g/mol. The van der Waals surface area contributed by atoms with Crippen LogP contribution in [0, 0.1) is 5.92 Å². The van der Waals surface area contributed by atoms with Gasteiger partial charge in [0.1, 0.15) is 0 Å². The van der Waals surface area contributed by atoms with Gasteiger partial charge in [-0.25, -0.2) is 0 Å². The van der Waals surface area contributed by atoms with Crippen LogP contribution in [0.4, 0.5) is 0 Å². The predicted molar refractivity (Wildman–Crippen MR) is 118 cm³/mol. The Labute approximate surface area is 167 Å². The molecule has 152 valence electrons. The fourth-order valence-corrected chi connectivity index (χ4v) is 4.20. The summed E-state index contributed by atoms with van der Waals surface area (Å²) in [5, 5.41) is 0. The van der Waals surface area contributed by atoms with Crippen molar-refractivity contribution >= 4 is 6.21 Å². The first-order valence-electron chi connectivity index (χ1n) is 11.0. The van der Waals surface area contributed by atoms with Crippen molar-refractivity contribution in [2.24, 2.45) is 10.9 Å². The first-order chi connectivity index (χ1) is 13.2. The van der Waals surface area contributed by atoms with Gasteiger partial charge in [-0.05, 0) is 77.3 Å². The molecule has 3 nitrogen and oxygen atoms in total. The molecule has 0 N–H and O–H groups in total. The Balaban J connectivity index is 1.99. The summed E-state index contributed by atoms with van der Waals surface area (Å²) in [5.41, 5.74) is 4.48. The van der Waals surface area contributed by atoms with Crippen LogP contribution in [0.5, 0.6) is 0 Å². The molecule has 0 spiro atoms. The molecule has 0 saturated carbocycles. The molecule has 1 aliphatic heterocycles. The van der Waals surface area contributed by atoms with E-state index in [0.717, 1.165) is 39.1 Å². The molecule has 3 heteroatoms. The molecule has 2 unspecified atom stereocenters. The molecule has 1 heterocycles. The van der Waals surface area contributed by atoms with E-state index in [9.17, 15) is 0 Å². The summed E-state index contributed by atoms with van der Waals surface area (Å²) in [5.74, 6) is 0.680. The zero-order chi connectivity index (χ0) is 19.5. The quantitative estimate of drug-likeness (QED) is 0.389. The lowest BCUT2D eigenvalue weighted by Gasteiger charge is -2.31. The number of ether oxygens (including phenoxy) is 1. The SMILES string of the molecule is CC=CC(=CC)CC(CC)N=CC1=C(C)CCCC1CCN1CCOCC1. The van der Waals surface area contributed by atoms with Gasteiger partial charge in [0.25, 0.3) is 0 Å². The number of morpholine rings is 1. The van der Waals surface area contributed by atoms with Gasteiger partial charge in [0.15, 0.2) is 0 Å². The highest BCUT2D eigenvalue weighted by atomic mass is 16.5. The maximum atomic E-state index is 5.48. The standard InChI is InChI=1S/C24H40N2O/c1-5-9-21(6-2)18-23(7-3)25-19-24-20(4)10-8-11-22(24)12-13-26-14-16-27-17-15-26/h5-6,9,19,22-23H,7-8,10-18H2,1-4H3. The predicted octanol–water partition coefficient (Wildman–Crippen LogP) is 5.59. The van der Waals surface area contributed by atoms with Crippen LogP contribution >= 0.6 is 0 Å². The Morgan fingerprint density at radius 1 is 1.30 bits per heavy atom. The van der Waals surface area contributed by atoms with E-state index in [1.165, 1.54) is 43.4 Å². The van der Waals surface area contributed by atoms with Gasteiger partial charge in [0, 0.05) is 19.3 Å². The smallest absolute Gasteiger partial charge is 0.0594 e. The van der Waals surface area contributed by atoms with E-state index < -0.39 is 0 Å². The molecule has 2 atom stereocenters. The van der Waals surface area contributed by atoms with Crippen molar-refractivity contribution in [2.75, 3.05) is 32.8 Å². The summed E-state index contributed by atoms with van der Waals surface area (Å²) in [6.07, 6.45) is 16.1. The molecular weight excluding hydrogens is 332 g/mol. The van der Waals surface area contributed by atoms with Crippen molar-refractivity contribution < 1.29 is 4.74 Å². The Kier molecular flexibility index (Phi) is 10.1. The van der Waals surface area contributed by atoms with Gasteiger partial charge in [0.2, 0.25) is 0 Å². The summed E-state index contributed by atoms with van der Waals surface area (Å²) >= 11 is 0.